The number of anilines is 2. The van der Waals surface area contributed by atoms with Gasteiger partial charge in [-0.1, -0.05) is 6.07 Å². The lowest BCUT2D eigenvalue weighted by Gasteiger charge is -2.12. The fourth-order valence-corrected chi connectivity index (χ4v) is 3.06. The first-order valence-electron chi connectivity index (χ1n) is 9.64. The molecule has 1 aromatic heterocycles. The van der Waals surface area contributed by atoms with Crippen molar-refractivity contribution >= 4 is 28.3 Å². The maximum atomic E-state index is 13.3. The van der Waals surface area contributed by atoms with Crippen LogP contribution in [0.3, 0.4) is 0 Å². The molecule has 0 aliphatic carbocycles. The third kappa shape index (κ3) is 4.90. The smallest absolute Gasteiger partial charge is 0.323 e. The Bertz CT molecular complexity index is 1330. The molecule has 0 spiro atoms. The molecule has 2 N–H and O–H groups in total. The molecule has 0 radical (unpaired) electrons. The third-order valence-corrected chi connectivity index (χ3v) is 4.59. The van der Waals surface area contributed by atoms with Gasteiger partial charge in [0.1, 0.15) is 12.1 Å². The number of methoxy groups -OCH3 is 2. The van der Waals surface area contributed by atoms with E-state index < -0.39 is 17.7 Å². The van der Waals surface area contributed by atoms with Gasteiger partial charge in [0, 0.05) is 29.6 Å². The first-order valence-corrected chi connectivity index (χ1v) is 9.64. The monoisotopic (exact) mass is 452 g/mol. The molecule has 0 atom stereocenters. The molecule has 4 aromatic rings. The highest BCUT2D eigenvalue weighted by molar-refractivity contribution is 5.99. The summed E-state index contributed by atoms with van der Waals surface area (Å²) < 4.78 is 42.9. The number of urea groups is 1. The molecule has 168 valence electrons. The van der Waals surface area contributed by atoms with Gasteiger partial charge in [0.2, 0.25) is 5.88 Å². The van der Waals surface area contributed by atoms with Crippen LogP contribution in [0.15, 0.2) is 60.9 Å². The average molecular weight is 452 g/mol. The van der Waals surface area contributed by atoms with Gasteiger partial charge in [-0.15, -0.1) is 0 Å². The SMILES string of the molecule is COc1cc2ncnc(Oc3cccc(NC(=O)Nc4ccc(F)c(F)c4)c3)c2cc1OC. The van der Waals surface area contributed by atoms with E-state index in [9.17, 15) is 13.6 Å². The molecular weight excluding hydrogens is 434 g/mol. The highest BCUT2D eigenvalue weighted by Crippen LogP contribution is 2.36. The summed E-state index contributed by atoms with van der Waals surface area (Å²) in [5, 5.41) is 5.64. The molecule has 0 aliphatic heterocycles. The van der Waals surface area contributed by atoms with Gasteiger partial charge in [-0.3, -0.25) is 0 Å². The summed E-state index contributed by atoms with van der Waals surface area (Å²) in [6.45, 7) is 0. The van der Waals surface area contributed by atoms with E-state index in [-0.39, 0.29) is 11.6 Å². The van der Waals surface area contributed by atoms with E-state index in [1.165, 1.54) is 26.6 Å². The fourth-order valence-electron chi connectivity index (χ4n) is 3.06. The average Bonchev–Trinajstić information content (AvgIpc) is 2.81. The lowest BCUT2D eigenvalue weighted by Crippen LogP contribution is -2.19. The summed E-state index contributed by atoms with van der Waals surface area (Å²) in [5.74, 6) is -0.365. The number of hydrogen-bond donors (Lipinski definition) is 2. The number of fused-ring (bicyclic) bond motifs is 1. The molecule has 33 heavy (non-hydrogen) atoms. The van der Waals surface area contributed by atoms with E-state index in [1.54, 1.807) is 36.4 Å². The first kappa shape index (κ1) is 21.8. The number of nitrogens with zero attached hydrogens (tertiary/aromatic N) is 2. The van der Waals surface area contributed by atoms with Crippen molar-refractivity contribution in [3.8, 4) is 23.1 Å². The van der Waals surface area contributed by atoms with Gasteiger partial charge in [0.05, 0.1) is 25.1 Å². The Morgan fingerprint density at radius 1 is 0.848 bits per heavy atom. The number of benzene rings is 3. The van der Waals surface area contributed by atoms with Gasteiger partial charge in [-0.25, -0.2) is 23.5 Å². The molecule has 0 unspecified atom stereocenters. The predicted molar refractivity (Wildman–Crippen MR) is 118 cm³/mol. The number of aromatic nitrogens is 2. The van der Waals surface area contributed by atoms with Crippen molar-refractivity contribution in [3.63, 3.8) is 0 Å². The molecule has 3 aromatic carbocycles. The van der Waals surface area contributed by atoms with Crippen LogP contribution in [0.4, 0.5) is 25.0 Å². The number of ether oxygens (including phenoxy) is 3. The quantitative estimate of drug-likeness (QED) is 0.409. The van der Waals surface area contributed by atoms with E-state index in [0.29, 0.717) is 33.8 Å². The highest BCUT2D eigenvalue weighted by Gasteiger charge is 2.13. The minimum Gasteiger partial charge on any atom is -0.493 e. The maximum absolute atomic E-state index is 13.3. The number of amides is 2. The normalized spacial score (nSPS) is 10.5. The van der Waals surface area contributed by atoms with E-state index >= 15 is 0 Å². The lowest BCUT2D eigenvalue weighted by atomic mass is 10.2. The van der Waals surface area contributed by atoms with Crippen LogP contribution in [0, 0.1) is 11.6 Å². The largest absolute Gasteiger partial charge is 0.493 e. The molecule has 8 nitrogen and oxygen atoms in total. The molecule has 0 saturated heterocycles. The molecular formula is C23H18F2N4O4. The molecule has 10 heteroatoms. The second-order valence-electron chi connectivity index (χ2n) is 6.74. The van der Waals surface area contributed by atoms with Crippen LogP contribution >= 0.6 is 0 Å². The van der Waals surface area contributed by atoms with E-state index in [1.807, 2.05) is 0 Å². The minimum atomic E-state index is -1.06. The topological polar surface area (TPSA) is 94.6 Å². The Morgan fingerprint density at radius 2 is 1.58 bits per heavy atom. The second-order valence-corrected chi connectivity index (χ2v) is 6.74. The maximum Gasteiger partial charge on any atom is 0.323 e. The Kier molecular flexibility index (Phi) is 6.16. The van der Waals surface area contributed by atoms with Crippen LogP contribution in [-0.2, 0) is 0 Å². The zero-order valence-corrected chi connectivity index (χ0v) is 17.6. The van der Waals surface area contributed by atoms with Crippen LogP contribution in [-0.4, -0.2) is 30.2 Å². The van der Waals surface area contributed by atoms with Gasteiger partial charge < -0.3 is 24.8 Å². The Hall–Kier alpha value is -4.47. The van der Waals surface area contributed by atoms with E-state index in [2.05, 4.69) is 20.6 Å². The summed E-state index contributed by atoms with van der Waals surface area (Å²) in [5.41, 5.74) is 1.11. The second kappa shape index (κ2) is 9.35. The minimum absolute atomic E-state index is 0.107. The Morgan fingerprint density at radius 3 is 2.30 bits per heavy atom. The van der Waals surface area contributed by atoms with Crippen molar-refractivity contribution in [2.45, 2.75) is 0 Å². The van der Waals surface area contributed by atoms with Crippen molar-refractivity contribution in [1.29, 1.82) is 0 Å². The van der Waals surface area contributed by atoms with Gasteiger partial charge in [0.15, 0.2) is 23.1 Å². The first-order chi connectivity index (χ1) is 16.0. The van der Waals surface area contributed by atoms with Gasteiger partial charge in [-0.2, -0.15) is 0 Å². The molecule has 2 amide bonds. The molecule has 1 heterocycles. The van der Waals surface area contributed by atoms with Crippen molar-refractivity contribution in [2.24, 2.45) is 0 Å². The van der Waals surface area contributed by atoms with Gasteiger partial charge >= 0.3 is 6.03 Å². The summed E-state index contributed by atoms with van der Waals surface area (Å²) in [6.07, 6.45) is 1.36. The third-order valence-electron chi connectivity index (χ3n) is 4.59. The standard InChI is InChI=1S/C23H18F2N4O4/c1-31-20-10-16-19(11-21(20)32-2)26-12-27-22(16)33-15-5-3-4-13(8-15)28-23(30)29-14-6-7-17(24)18(25)9-14/h3-12H,1-2H3,(H2,28,29,30). The molecule has 0 aliphatic rings. The molecule has 4 rings (SSSR count). The summed E-state index contributed by atoms with van der Waals surface area (Å²) in [4.78, 5) is 20.7. The van der Waals surface area contributed by atoms with E-state index in [4.69, 9.17) is 14.2 Å². The molecule has 0 saturated carbocycles. The zero-order valence-electron chi connectivity index (χ0n) is 17.6. The van der Waals surface area contributed by atoms with Crippen molar-refractivity contribution < 1.29 is 27.8 Å². The van der Waals surface area contributed by atoms with Crippen LogP contribution in [0.2, 0.25) is 0 Å². The van der Waals surface area contributed by atoms with Crippen LogP contribution in [0.5, 0.6) is 23.1 Å². The number of hydrogen-bond acceptors (Lipinski definition) is 6. The van der Waals surface area contributed by atoms with Crippen LogP contribution in [0.25, 0.3) is 10.9 Å². The van der Waals surface area contributed by atoms with E-state index in [0.717, 1.165) is 12.1 Å². The summed E-state index contributed by atoms with van der Waals surface area (Å²) in [6, 6.07) is 12.4. The highest BCUT2D eigenvalue weighted by atomic mass is 19.2. The van der Waals surface area contributed by atoms with Gasteiger partial charge in [0.25, 0.3) is 0 Å². The fraction of sp³-hybridized carbons (Fsp3) is 0.0870. The Labute approximate surface area is 187 Å². The van der Waals surface area contributed by atoms with Crippen LogP contribution < -0.4 is 24.8 Å². The Balaban J connectivity index is 1.53. The number of carbonyl (C=O) groups is 1. The van der Waals surface area contributed by atoms with Crippen molar-refractivity contribution in [3.05, 3.63) is 72.6 Å². The van der Waals surface area contributed by atoms with Gasteiger partial charge in [-0.05, 0) is 30.3 Å². The number of halogens is 2. The number of nitrogens with one attached hydrogen (secondary N) is 2. The predicted octanol–water partition coefficient (Wildman–Crippen LogP) is 5.36. The molecule has 0 bridgehead atoms. The van der Waals surface area contributed by atoms with Crippen molar-refractivity contribution in [2.75, 3.05) is 24.9 Å². The van der Waals surface area contributed by atoms with Crippen LogP contribution in [0.1, 0.15) is 0 Å². The lowest BCUT2D eigenvalue weighted by molar-refractivity contribution is 0.262. The number of carbonyl (C=O) groups excluding carboxylic acids is 1. The summed E-state index contributed by atoms with van der Waals surface area (Å²) >= 11 is 0. The number of rotatable bonds is 6. The zero-order chi connectivity index (χ0) is 23.4. The van der Waals surface area contributed by atoms with Crippen molar-refractivity contribution in [1.82, 2.24) is 9.97 Å². The summed E-state index contributed by atoms with van der Waals surface area (Å²) in [7, 11) is 3.05. The molecule has 0 fully saturated rings.